The number of hydrogen-bond acceptors (Lipinski definition) is 3. The van der Waals surface area contributed by atoms with Crippen LogP contribution in [0.5, 0.6) is 0 Å². The third-order valence-electron chi connectivity index (χ3n) is 3.39. The van der Waals surface area contributed by atoms with Crippen molar-refractivity contribution in [2.75, 3.05) is 11.4 Å². The Morgan fingerprint density at radius 1 is 1.53 bits per heavy atom. The van der Waals surface area contributed by atoms with Crippen molar-refractivity contribution in [1.82, 2.24) is 5.32 Å². The molecule has 1 N–H and O–H groups in total. The molecule has 1 aliphatic rings. The van der Waals surface area contributed by atoms with Crippen LogP contribution < -0.4 is 10.2 Å². The smallest absolute Gasteiger partial charge is 0.243 e. The van der Waals surface area contributed by atoms with Gasteiger partial charge in [0.2, 0.25) is 5.91 Å². The molecule has 0 radical (unpaired) electrons. The summed E-state index contributed by atoms with van der Waals surface area (Å²) in [5.41, 5.74) is 0.965. The number of anilines is 1. The van der Waals surface area contributed by atoms with E-state index in [1.54, 1.807) is 0 Å². The molecule has 2 atom stereocenters. The number of nitrogens with one attached hydrogen (secondary N) is 1. The number of benzene rings is 1. The van der Waals surface area contributed by atoms with Crippen LogP contribution in [0.1, 0.15) is 19.8 Å². The maximum atomic E-state index is 12.1. The zero-order chi connectivity index (χ0) is 13.8. The summed E-state index contributed by atoms with van der Waals surface area (Å²) in [5, 5.41) is 11.9. The van der Waals surface area contributed by atoms with E-state index in [2.05, 4.69) is 39.1 Å². The number of rotatable bonds is 2. The van der Waals surface area contributed by atoms with Gasteiger partial charge < -0.3 is 10.2 Å². The van der Waals surface area contributed by atoms with Crippen molar-refractivity contribution in [2.45, 2.75) is 31.8 Å². The van der Waals surface area contributed by atoms with E-state index in [4.69, 9.17) is 5.26 Å². The number of halogens is 1. The molecule has 0 bridgehead atoms. The first kappa shape index (κ1) is 13.9. The standard InChI is InChI=1S/C14H16BrN3O/c1-10-7-9-17-14(19)13(6-8-16)18(10)12-5-3-2-4-11(12)15/h2-5,10,13H,6-7,9H2,1H3,(H,17,19). The van der Waals surface area contributed by atoms with Gasteiger partial charge in [0.15, 0.2) is 0 Å². The SMILES string of the molecule is CC1CCNC(=O)C(CC#N)N1c1ccccc1Br. The highest BCUT2D eigenvalue weighted by molar-refractivity contribution is 9.10. The average Bonchev–Trinajstić information content (AvgIpc) is 2.52. The summed E-state index contributed by atoms with van der Waals surface area (Å²) < 4.78 is 0.944. The molecule has 1 aliphatic heterocycles. The fourth-order valence-electron chi connectivity index (χ4n) is 2.44. The molecule has 1 amide bonds. The molecule has 0 aromatic heterocycles. The van der Waals surface area contributed by atoms with Crippen LogP contribution in [-0.2, 0) is 4.79 Å². The summed E-state index contributed by atoms with van der Waals surface area (Å²) in [4.78, 5) is 14.2. The van der Waals surface area contributed by atoms with Gasteiger partial charge in [-0.3, -0.25) is 4.79 Å². The minimum absolute atomic E-state index is 0.0679. The van der Waals surface area contributed by atoms with Gasteiger partial charge in [0.1, 0.15) is 6.04 Å². The number of nitriles is 1. The zero-order valence-corrected chi connectivity index (χ0v) is 12.4. The molecule has 0 spiro atoms. The molecule has 5 heteroatoms. The Hall–Kier alpha value is -1.54. The molecule has 1 saturated heterocycles. The van der Waals surface area contributed by atoms with Gasteiger partial charge in [-0.15, -0.1) is 0 Å². The summed E-state index contributed by atoms with van der Waals surface area (Å²) in [7, 11) is 0. The molecule has 1 fully saturated rings. The Bertz CT molecular complexity index is 512. The van der Waals surface area contributed by atoms with Gasteiger partial charge in [-0.05, 0) is 41.4 Å². The van der Waals surface area contributed by atoms with E-state index < -0.39 is 6.04 Å². The van der Waals surface area contributed by atoms with Crippen LogP contribution in [0.3, 0.4) is 0 Å². The Morgan fingerprint density at radius 3 is 2.95 bits per heavy atom. The van der Waals surface area contributed by atoms with Crippen LogP contribution in [0.15, 0.2) is 28.7 Å². The summed E-state index contributed by atoms with van der Waals surface area (Å²) in [6.45, 7) is 2.74. The maximum absolute atomic E-state index is 12.1. The predicted octanol–water partition coefficient (Wildman–Crippen LogP) is 2.45. The molecule has 4 nitrogen and oxygen atoms in total. The van der Waals surface area contributed by atoms with Crippen LogP contribution in [0, 0.1) is 11.3 Å². The highest BCUT2D eigenvalue weighted by Crippen LogP contribution is 2.31. The molecule has 1 aromatic carbocycles. The van der Waals surface area contributed by atoms with Crippen molar-refractivity contribution in [2.24, 2.45) is 0 Å². The van der Waals surface area contributed by atoms with Crippen LogP contribution >= 0.6 is 15.9 Å². The van der Waals surface area contributed by atoms with Crippen LogP contribution in [-0.4, -0.2) is 24.5 Å². The molecule has 100 valence electrons. The van der Waals surface area contributed by atoms with Gasteiger partial charge in [0, 0.05) is 17.1 Å². The first-order valence-electron chi connectivity index (χ1n) is 6.32. The summed E-state index contributed by atoms with van der Waals surface area (Å²) in [6.07, 6.45) is 1.06. The second-order valence-electron chi connectivity index (χ2n) is 4.67. The first-order valence-corrected chi connectivity index (χ1v) is 7.12. The molecule has 2 rings (SSSR count). The minimum Gasteiger partial charge on any atom is -0.355 e. The lowest BCUT2D eigenvalue weighted by atomic mass is 10.1. The van der Waals surface area contributed by atoms with E-state index in [1.807, 2.05) is 24.3 Å². The summed E-state index contributed by atoms with van der Waals surface area (Å²) in [6, 6.07) is 9.70. The maximum Gasteiger partial charge on any atom is 0.243 e. The number of nitrogens with zero attached hydrogens (tertiary/aromatic N) is 2. The molecule has 1 heterocycles. The third kappa shape index (κ3) is 2.90. The largest absolute Gasteiger partial charge is 0.355 e. The van der Waals surface area contributed by atoms with Gasteiger partial charge in [-0.2, -0.15) is 5.26 Å². The molecule has 0 saturated carbocycles. The predicted molar refractivity (Wildman–Crippen MR) is 77.7 cm³/mol. The molecule has 1 aromatic rings. The second-order valence-corrected chi connectivity index (χ2v) is 5.52. The number of amides is 1. The topological polar surface area (TPSA) is 56.1 Å². The van der Waals surface area contributed by atoms with Crippen molar-refractivity contribution < 1.29 is 4.79 Å². The fraction of sp³-hybridized carbons (Fsp3) is 0.429. The van der Waals surface area contributed by atoms with E-state index in [1.165, 1.54) is 0 Å². The molecule has 0 aliphatic carbocycles. The Morgan fingerprint density at radius 2 is 2.26 bits per heavy atom. The van der Waals surface area contributed by atoms with E-state index >= 15 is 0 Å². The highest BCUT2D eigenvalue weighted by Gasteiger charge is 2.32. The number of hydrogen-bond donors (Lipinski definition) is 1. The number of para-hydroxylation sites is 1. The van der Waals surface area contributed by atoms with E-state index in [9.17, 15) is 4.79 Å². The molecular weight excluding hydrogens is 306 g/mol. The molecule has 19 heavy (non-hydrogen) atoms. The van der Waals surface area contributed by atoms with Gasteiger partial charge >= 0.3 is 0 Å². The Kier molecular flexibility index (Phi) is 4.43. The van der Waals surface area contributed by atoms with E-state index in [0.29, 0.717) is 6.54 Å². The lowest BCUT2D eigenvalue weighted by Gasteiger charge is -2.34. The number of carbonyl (C=O) groups is 1. The van der Waals surface area contributed by atoms with Gasteiger partial charge in [0.05, 0.1) is 18.2 Å². The summed E-state index contributed by atoms with van der Waals surface area (Å²) >= 11 is 3.53. The van der Waals surface area contributed by atoms with E-state index in [0.717, 1.165) is 16.6 Å². The van der Waals surface area contributed by atoms with Crippen LogP contribution in [0.4, 0.5) is 5.69 Å². The zero-order valence-electron chi connectivity index (χ0n) is 10.8. The summed E-state index contributed by atoms with van der Waals surface area (Å²) in [5.74, 6) is -0.0679. The lowest BCUT2D eigenvalue weighted by Crippen LogP contribution is -2.47. The van der Waals surface area contributed by atoms with Gasteiger partial charge in [-0.25, -0.2) is 0 Å². The van der Waals surface area contributed by atoms with Crippen molar-refractivity contribution in [3.63, 3.8) is 0 Å². The monoisotopic (exact) mass is 321 g/mol. The van der Waals surface area contributed by atoms with E-state index in [-0.39, 0.29) is 18.4 Å². The second kappa shape index (κ2) is 6.07. The Balaban J connectivity index is 2.44. The van der Waals surface area contributed by atoms with Crippen molar-refractivity contribution in [3.8, 4) is 6.07 Å². The quantitative estimate of drug-likeness (QED) is 0.910. The number of carbonyl (C=O) groups excluding carboxylic acids is 1. The van der Waals surface area contributed by atoms with Gasteiger partial charge in [-0.1, -0.05) is 12.1 Å². The van der Waals surface area contributed by atoms with Crippen molar-refractivity contribution in [3.05, 3.63) is 28.7 Å². The first-order chi connectivity index (χ1) is 9.15. The normalized spacial score (nSPS) is 23.4. The van der Waals surface area contributed by atoms with Crippen molar-refractivity contribution in [1.29, 1.82) is 5.26 Å². The fourth-order valence-corrected chi connectivity index (χ4v) is 2.93. The molecule has 2 unspecified atom stereocenters. The Labute approximate surface area is 121 Å². The third-order valence-corrected chi connectivity index (χ3v) is 4.06. The van der Waals surface area contributed by atoms with Crippen LogP contribution in [0.2, 0.25) is 0 Å². The van der Waals surface area contributed by atoms with Crippen molar-refractivity contribution >= 4 is 27.5 Å². The van der Waals surface area contributed by atoms with Crippen LogP contribution in [0.25, 0.3) is 0 Å². The highest BCUT2D eigenvalue weighted by atomic mass is 79.9. The molecular formula is C14H16BrN3O. The average molecular weight is 322 g/mol. The van der Waals surface area contributed by atoms with Gasteiger partial charge in [0.25, 0.3) is 0 Å². The minimum atomic E-state index is -0.429. The lowest BCUT2D eigenvalue weighted by molar-refractivity contribution is -0.122.